The summed E-state index contributed by atoms with van der Waals surface area (Å²) in [6.07, 6.45) is 0. The van der Waals surface area contributed by atoms with Gasteiger partial charge in [0.15, 0.2) is 0 Å². The van der Waals surface area contributed by atoms with Gasteiger partial charge in [0.2, 0.25) is 0 Å². The Morgan fingerprint density at radius 2 is 0.667 bits per heavy atom. The van der Waals surface area contributed by atoms with Crippen LogP contribution in [0, 0.1) is 0 Å². The predicted molar refractivity (Wildman–Crippen MR) is 151 cm³/mol. The second kappa shape index (κ2) is 12.7. The van der Waals surface area contributed by atoms with Crippen molar-refractivity contribution in [3.63, 3.8) is 0 Å². The Balaban J connectivity index is 2.36. The summed E-state index contributed by atoms with van der Waals surface area (Å²) in [5, 5.41) is 0. The SMILES string of the molecule is CCOC(=O)c1c(-c2ccccc2)c(C(=O)OCC)c(-c2ccccc2)c(C(=O)OCC)c1-c1ccccc1. The van der Waals surface area contributed by atoms with Gasteiger partial charge < -0.3 is 14.2 Å². The van der Waals surface area contributed by atoms with E-state index in [1.54, 1.807) is 20.8 Å². The lowest BCUT2D eigenvalue weighted by atomic mass is 9.79. The Hall–Kier alpha value is -4.71. The van der Waals surface area contributed by atoms with Gasteiger partial charge in [0.05, 0.1) is 36.5 Å². The number of hydrogen-bond donors (Lipinski definition) is 0. The molecule has 0 unspecified atom stereocenters. The molecule has 0 atom stereocenters. The molecule has 6 heteroatoms. The summed E-state index contributed by atoms with van der Waals surface area (Å²) in [4.78, 5) is 41.5. The highest BCUT2D eigenvalue weighted by Crippen LogP contribution is 2.46. The second-order valence-corrected chi connectivity index (χ2v) is 8.51. The van der Waals surface area contributed by atoms with Crippen LogP contribution in [-0.2, 0) is 14.2 Å². The highest BCUT2D eigenvalue weighted by molar-refractivity contribution is 6.20. The van der Waals surface area contributed by atoms with Crippen molar-refractivity contribution in [2.24, 2.45) is 0 Å². The monoisotopic (exact) mass is 522 g/mol. The van der Waals surface area contributed by atoms with Crippen LogP contribution >= 0.6 is 0 Å². The minimum absolute atomic E-state index is 0.0973. The topological polar surface area (TPSA) is 78.9 Å². The molecule has 0 aliphatic rings. The summed E-state index contributed by atoms with van der Waals surface area (Å²) < 4.78 is 16.6. The Labute approximate surface area is 228 Å². The molecule has 0 N–H and O–H groups in total. The van der Waals surface area contributed by atoms with Gasteiger partial charge in [0.1, 0.15) is 0 Å². The molecule has 0 aromatic heterocycles. The van der Waals surface area contributed by atoms with Crippen LogP contribution in [0.1, 0.15) is 51.8 Å². The largest absolute Gasteiger partial charge is 0.462 e. The highest BCUT2D eigenvalue weighted by Gasteiger charge is 2.36. The molecule has 39 heavy (non-hydrogen) atoms. The fourth-order valence-electron chi connectivity index (χ4n) is 4.65. The number of carbonyl (C=O) groups is 3. The summed E-state index contributed by atoms with van der Waals surface area (Å²) in [6.45, 7) is 5.43. The van der Waals surface area contributed by atoms with Crippen LogP contribution in [0.15, 0.2) is 91.0 Å². The summed E-state index contributed by atoms with van der Waals surface area (Å²) >= 11 is 0. The maximum Gasteiger partial charge on any atom is 0.339 e. The number of hydrogen-bond acceptors (Lipinski definition) is 6. The minimum atomic E-state index is -0.661. The van der Waals surface area contributed by atoms with Crippen LogP contribution in [0.25, 0.3) is 33.4 Å². The van der Waals surface area contributed by atoms with Gasteiger partial charge in [-0.2, -0.15) is 0 Å². The first kappa shape index (κ1) is 27.3. The van der Waals surface area contributed by atoms with Crippen LogP contribution in [0.3, 0.4) is 0 Å². The normalized spacial score (nSPS) is 10.5. The van der Waals surface area contributed by atoms with Gasteiger partial charge in [-0.05, 0) is 37.5 Å². The molecule has 0 saturated carbocycles. The van der Waals surface area contributed by atoms with E-state index in [1.165, 1.54) is 0 Å². The van der Waals surface area contributed by atoms with Crippen molar-refractivity contribution in [1.82, 2.24) is 0 Å². The van der Waals surface area contributed by atoms with Gasteiger partial charge in [-0.1, -0.05) is 91.0 Å². The van der Waals surface area contributed by atoms with Crippen molar-refractivity contribution >= 4 is 17.9 Å². The Morgan fingerprint density at radius 1 is 0.436 bits per heavy atom. The zero-order valence-corrected chi connectivity index (χ0v) is 22.2. The molecule has 0 radical (unpaired) electrons. The zero-order chi connectivity index (χ0) is 27.8. The average molecular weight is 523 g/mol. The van der Waals surface area contributed by atoms with E-state index in [2.05, 4.69) is 0 Å². The van der Waals surface area contributed by atoms with Crippen molar-refractivity contribution in [3.8, 4) is 33.4 Å². The molecule has 0 bridgehead atoms. The van der Waals surface area contributed by atoms with E-state index in [1.807, 2.05) is 91.0 Å². The van der Waals surface area contributed by atoms with Gasteiger partial charge >= 0.3 is 17.9 Å². The van der Waals surface area contributed by atoms with Crippen LogP contribution in [0.2, 0.25) is 0 Å². The number of ether oxygens (including phenoxy) is 3. The van der Waals surface area contributed by atoms with E-state index in [-0.39, 0.29) is 36.5 Å². The third-order valence-corrected chi connectivity index (χ3v) is 6.13. The smallest absolute Gasteiger partial charge is 0.339 e. The minimum Gasteiger partial charge on any atom is -0.462 e. The molecule has 4 aromatic carbocycles. The van der Waals surface area contributed by atoms with Crippen molar-refractivity contribution in [2.75, 3.05) is 19.8 Å². The van der Waals surface area contributed by atoms with Gasteiger partial charge in [-0.3, -0.25) is 0 Å². The molecule has 4 rings (SSSR count). The molecule has 198 valence electrons. The van der Waals surface area contributed by atoms with Crippen LogP contribution in [0.5, 0.6) is 0 Å². The maximum atomic E-state index is 13.8. The third-order valence-electron chi connectivity index (χ3n) is 6.13. The quantitative estimate of drug-likeness (QED) is 0.171. The first-order chi connectivity index (χ1) is 19.0. The number of benzene rings is 4. The second-order valence-electron chi connectivity index (χ2n) is 8.51. The van der Waals surface area contributed by atoms with E-state index in [0.717, 1.165) is 0 Å². The van der Waals surface area contributed by atoms with E-state index in [0.29, 0.717) is 33.4 Å². The molecule has 0 fully saturated rings. The molecular weight excluding hydrogens is 492 g/mol. The van der Waals surface area contributed by atoms with Crippen molar-refractivity contribution in [2.45, 2.75) is 20.8 Å². The highest BCUT2D eigenvalue weighted by atomic mass is 16.5. The van der Waals surface area contributed by atoms with Crippen LogP contribution in [-0.4, -0.2) is 37.7 Å². The lowest BCUT2D eigenvalue weighted by Gasteiger charge is -2.25. The van der Waals surface area contributed by atoms with Gasteiger partial charge in [-0.15, -0.1) is 0 Å². The summed E-state index contributed by atoms with van der Waals surface area (Å²) in [7, 11) is 0. The molecule has 0 spiro atoms. The van der Waals surface area contributed by atoms with Crippen LogP contribution in [0.4, 0.5) is 0 Å². The molecule has 6 nitrogen and oxygen atoms in total. The predicted octanol–water partition coefficient (Wildman–Crippen LogP) is 7.22. The lowest BCUT2D eigenvalue weighted by molar-refractivity contribution is 0.0528. The van der Waals surface area contributed by atoms with Crippen LogP contribution < -0.4 is 0 Å². The van der Waals surface area contributed by atoms with Crippen molar-refractivity contribution < 1.29 is 28.6 Å². The fourth-order valence-corrected chi connectivity index (χ4v) is 4.65. The molecule has 0 amide bonds. The molecule has 4 aromatic rings. The number of carbonyl (C=O) groups excluding carboxylic acids is 3. The fraction of sp³-hybridized carbons (Fsp3) is 0.182. The first-order valence-corrected chi connectivity index (χ1v) is 12.9. The van der Waals surface area contributed by atoms with E-state index in [9.17, 15) is 14.4 Å². The Kier molecular flexibility index (Phi) is 8.90. The molecule has 0 saturated heterocycles. The molecular formula is C33H30O6. The number of esters is 3. The third kappa shape index (κ3) is 5.60. The molecule has 0 aliphatic carbocycles. The summed E-state index contributed by atoms with van der Waals surface area (Å²) in [6, 6.07) is 27.4. The molecule has 0 aliphatic heterocycles. The van der Waals surface area contributed by atoms with Gasteiger partial charge in [0.25, 0.3) is 0 Å². The number of rotatable bonds is 9. The average Bonchev–Trinajstić information content (AvgIpc) is 2.97. The summed E-state index contributed by atoms with van der Waals surface area (Å²) in [5.74, 6) is -1.98. The van der Waals surface area contributed by atoms with E-state index < -0.39 is 17.9 Å². The zero-order valence-electron chi connectivity index (χ0n) is 22.2. The Morgan fingerprint density at radius 3 is 0.872 bits per heavy atom. The molecule has 0 heterocycles. The standard InChI is InChI=1S/C33H30O6/c1-4-37-31(34)28-25(22-16-10-7-11-17-22)29(32(35)38-5-2)27(24-20-14-9-15-21-24)30(33(36)39-6-3)26(28)23-18-12-8-13-19-23/h7-21H,4-6H2,1-3H3. The maximum absolute atomic E-state index is 13.8. The van der Waals surface area contributed by atoms with Crippen molar-refractivity contribution in [3.05, 3.63) is 108 Å². The Bertz CT molecular complexity index is 1260. The lowest BCUT2D eigenvalue weighted by Crippen LogP contribution is -2.20. The van der Waals surface area contributed by atoms with E-state index >= 15 is 0 Å². The summed E-state index contributed by atoms with van der Waals surface area (Å²) in [5.41, 5.74) is 3.10. The van der Waals surface area contributed by atoms with E-state index in [4.69, 9.17) is 14.2 Å². The van der Waals surface area contributed by atoms with Gasteiger partial charge in [-0.25, -0.2) is 14.4 Å². The van der Waals surface area contributed by atoms with Gasteiger partial charge in [0, 0.05) is 16.7 Å². The van der Waals surface area contributed by atoms with Crippen molar-refractivity contribution in [1.29, 1.82) is 0 Å². The first-order valence-electron chi connectivity index (χ1n) is 12.9.